The number of rotatable bonds is 4. The van der Waals surface area contributed by atoms with Crippen LogP contribution >= 0.6 is 0 Å². The number of likely N-dealkylation sites (tertiary alicyclic amines) is 1. The number of nitrogens with zero attached hydrogens (tertiary/aromatic N) is 2. The molecule has 2 aromatic carbocycles. The number of imidazole rings is 1. The number of carbonyl (C=O) groups excluding carboxylic acids is 1. The van der Waals surface area contributed by atoms with E-state index in [1.54, 1.807) is 0 Å². The lowest BCUT2D eigenvalue weighted by Crippen LogP contribution is -2.39. The van der Waals surface area contributed by atoms with Gasteiger partial charge < -0.3 is 14.6 Å². The van der Waals surface area contributed by atoms with E-state index in [9.17, 15) is 4.79 Å². The van der Waals surface area contributed by atoms with Crippen LogP contribution in [0.3, 0.4) is 0 Å². The number of aromatic nitrogens is 2. The number of carbonyl (C=O) groups is 1. The van der Waals surface area contributed by atoms with E-state index >= 15 is 0 Å². The van der Waals surface area contributed by atoms with Gasteiger partial charge in [0.15, 0.2) is 0 Å². The highest BCUT2D eigenvalue weighted by Crippen LogP contribution is 2.27. The molecule has 1 saturated heterocycles. The first-order valence-corrected chi connectivity index (χ1v) is 9.21. The van der Waals surface area contributed by atoms with Crippen LogP contribution in [-0.2, 0) is 0 Å². The first kappa shape index (κ1) is 16.6. The van der Waals surface area contributed by atoms with Crippen molar-refractivity contribution >= 4 is 16.9 Å². The van der Waals surface area contributed by atoms with Crippen molar-refractivity contribution in [2.24, 2.45) is 0 Å². The highest BCUT2D eigenvalue weighted by molar-refractivity contribution is 5.94. The summed E-state index contributed by atoms with van der Waals surface area (Å²) in [6.07, 6.45) is 2.04. The average Bonchev–Trinajstić information content (AvgIpc) is 3.13. The quantitative estimate of drug-likeness (QED) is 0.775. The fourth-order valence-electron chi connectivity index (χ4n) is 3.59. The van der Waals surface area contributed by atoms with Gasteiger partial charge >= 0.3 is 0 Å². The molecule has 1 fully saturated rings. The highest BCUT2D eigenvalue weighted by Gasteiger charge is 2.27. The van der Waals surface area contributed by atoms with Crippen molar-refractivity contribution in [3.63, 3.8) is 0 Å². The van der Waals surface area contributed by atoms with E-state index in [0.717, 1.165) is 42.0 Å². The number of amides is 1. The minimum atomic E-state index is 0.0776. The Morgan fingerprint density at radius 1 is 1.23 bits per heavy atom. The predicted molar refractivity (Wildman–Crippen MR) is 102 cm³/mol. The molecule has 4 rings (SSSR count). The second kappa shape index (κ2) is 7.20. The van der Waals surface area contributed by atoms with E-state index in [4.69, 9.17) is 9.72 Å². The van der Waals surface area contributed by atoms with Crippen molar-refractivity contribution in [2.75, 3.05) is 19.7 Å². The summed E-state index contributed by atoms with van der Waals surface area (Å²) in [5.41, 5.74) is 2.74. The van der Waals surface area contributed by atoms with Gasteiger partial charge in [0.25, 0.3) is 5.91 Å². The number of ether oxygens (including phenoxy) is 1. The second-order valence-electron chi connectivity index (χ2n) is 6.69. The molecular formula is C21H23N3O2. The molecule has 1 atom stereocenters. The molecule has 0 saturated carbocycles. The van der Waals surface area contributed by atoms with Crippen LogP contribution in [0, 0.1) is 0 Å². The van der Waals surface area contributed by atoms with E-state index in [1.807, 2.05) is 60.4 Å². The molecule has 0 aliphatic carbocycles. The minimum Gasteiger partial charge on any atom is -0.494 e. The average molecular weight is 349 g/mol. The molecule has 2 heterocycles. The van der Waals surface area contributed by atoms with Gasteiger partial charge in [-0.25, -0.2) is 4.98 Å². The third-order valence-electron chi connectivity index (χ3n) is 4.92. The molecule has 0 unspecified atom stereocenters. The molecule has 5 heteroatoms. The zero-order valence-corrected chi connectivity index (χ0v) is 14.9. The molecule has 5 nitrogen and oxygen atoms in total. The van der Waals surface area contributed by atoms with Crippen molar-refractivity contribution in [1.29, 1.82) is 0 Å². The smallest absolute Gasteiger partial charge is 0.253 e. The SMILES string of the molecule is CCOc1ccc(C(=O)N2CCC[C@H](c3nc4ccccc4[nH]3)C2)cc1. The number of fused-ring (bicyclic) bond motifs is 1. The Hall–Kier alpha value is -2.82. The van der Waals surface area contributed by atoms with Gasteiger partial charge in [-0.05, 0) is 56.2 Å². The van der Waals surface area contributed by atoms with Gasteiger partial charge in [-0.15, -0.1) is 0 Å². The predicted octanol–water partition coefficient (Wildman–Crippen LogP) is 3.98. The number of piperidine rings is 1. The maximum absolute atomic E-state index is 12.9. The lowest BCUT2D eigenvalue weighted by atomic mass is 9.96. The van der Waals surface area contributed by atoms with E-state index in [2.05, 4.69) is 4.98 Å². The maximum Gasteiger partial charge on any atom is 0.253 e. The Kier molecular flexibility index (Phi) is 4.61. The standard InChI is InChI=1S/C21H23N3O2/c1-2-26-17-11-9-15(10-12-17)21(25)24-13-5-6-16(14-24)20-22-18-7-3-4-8-19(18)23-20/h3-4,7-12,16H,2,5-6,13-14H2,1H3,(H,22,23)/t16-/m0/s1. The largest absolute Gasteiger partial charge is 0.494 e. The Balaban J connectivity index is 1.49. The van der Waals surface area contributed by atoms with Gasteiger partial charge in [0, 0.05) is 24.6 Å². The number of nitrogens with one attached hydrogen (secondary N) is 1. The van der Waals surface area contributed by atoms with Crippen LogP contribution in [0.4, 0.5) is 0 Å². The fraction of sp³-hybridized carbons (Fsp3) is 0.333. The number of hydrogen-bond donors (Lipinski definition) is 1. The molecule has 26 heavy (non-hydrogen) atoms. The number of H-pyrrole nitrogens is 1. The molecule has 134 valence electrons. The summed E-state index contributed by atoms with van der Waals surface area (Å²) in [5.74, 6) is 2.11. The molecule has 0 radical (unpaired) electrons. The summed E-state index contributed by atoms with van der Waals surface area (Å²) in [4.78, 5) is 23.0. The van der Waals surface area contributed by atoms with Crippen LogP contribution in [0.1, 0.15) is 41.9 Å². The molecule has 1 aliphatic heterocycles. The first-order valence-electron chi connectivity index (χ1n) is 9.21. The van der Waals surface area contributed by atoms with Gasteiger partial charge in [0.1, 0.15) is 11.6 Å². The molecule has 3 aromatic rings. The summed E-state index contributed by atoms with van der Waals surface area (Å²) in [6.45, 7) is 4.07. The van der Waals surface area contributed by atoms with E-state index in [1.165, 1.54) is 0 Å². The summed E-state index contributed by atoms with van der Waals surface area (Å²) < 4.78 is 5.45. The van der Waals surface area contributed by atoms with Crippen LogP contribution in [0.5, 0.6) is 5.75 Å². The van der Waals surface area contributed by atoms with Crippen LogP contribution < -0.4 is 4.74 Å². The number of aromatic amines is 1. The van der Waals surface area contributed by atoms with Crippen molar-refractivity contribution < 1.29 is 9.53 Å². The minimum absolute atomic E-state index is 0.0776. The Morgan fingerprint density at radius 3 is 2.81 bits per heavy atom. The summed E-state index contributed by atoms with van der Waals surface area (Å²) in [5, 5.41) is 0. The second-order valence-corrected chi connectivity index (χ2v) is 6.69. The van der Waals surface area contributed by atoms with E-state index in [-0.39, 0.29) is 11.8 Å². The molecule has 0 bridgehead atoms. The first-order chi connectivity index (χ1) is 12.7. The van der Waals surface area contributed by atoms with Crippen molar-refractivity contribution in [3.05, 3.63) is 59.9 Å². The van der Waals surface area contributed by atoms with Gasteiger partial charge in [0.05, 0.1) is 17.6 Å². The molecular weight excluding hydrogens is 326 g/mol. The topological polar surface area (TPSA) is 58.2 Å². The van der Waals surface area contributed by atoms with Gasteiger partial charge in [-0.1, -0.05) is 12.1 Å². The van der Waals surface area contributed by atoms with Gasteiger partial charge in [-0.2, -0.15) is 0 Å². The molecule has 1 amide bonds. The van der Waals surface area contributed by atoms with Crippen LogP contribution in [0.25, 0.3) is 11.0 Å². The Bertz CT molecular complexity index is 868. The molecule has 1 aliphatic rings. The lowest BCUT2D eigenvalue weighted by molar-refractivity contribution is 0.0705. The number of benzene rings is 2. The number of hydrogen-bond acceptors (Lipinski definition) is 3. The highest BCUT2D eigenvalue weighted by atomic mass is 16.5. The van der Waals surface area contributed by atoms with Crippen LogP contribution in [0.2, 0.25) is 0 Å². The molecule has 1 aromatic heterocycles. The summed E-state index contributed by atoms with van der Waals surface area (Å²) >= 11 is 0. The third kappa shape index (κ3) is 3.29. The van der Waals surface area contributed by atoms with Crippen molar-refractivity contribution in [3.8, 4) is 5.75 Å². The van der Waals surface area contributed by atoms with Crippen molar-refractivity contribution in [2.45, 2.75) is 25.7 Å². The zero-order chi connectivity index (χ0) is 17.9. The molecule has 0 spiro atoms. The van der Waals surface area contributed by atoms with E-state index in [0.29, 0.717) is 18.7 Å². The Labute approximate surface area is 153 Å². The van der Waals surface area contributed by atoms with Crippen molar-refractivity contribution in [1.82, 2.24) is 14.9 Å². The zero-order valence-electron chi connectivity index (χ0n) is 14.9. The molecule has 1 N–H and O–H groups in total. The Morgan fingerprint density at radius 2 is 2.04 bits per heavy atom. The third-order valence-corrected chi connectivity index (χ3v) is 4.92. The lowest BCUT2D eigenvalue weighted by Gasteiger charge is -2.32. The van der Waals surface area contributed by atoms with Gasteiger partial charge in [0.2, 0.25) is 0 Å². The normalized spacial score (nSPS) is 17.4. The van der Waals surface area contributed by atoms with Crippen LogP contribution in [0.15, 0.2) is 48.5 Å². The van der Waals surface area contributed by atoms with E-state index < -0.39 is 0 Å². The fourth-order valence-corrected chi connectivity index (χ4v) is 3.59. The number of para-hydroxylation sites is 2. The summed E-state index contributed by atoms with van der Waals surface area (Å²) in [6, 6.07) is 15.5. The van der Waals surface area contributed by atoms with Gasteiger partial charge in [-0.3, -0.25) is 4.79 Å². The summed E-state index contributed by atoms with van der Waals surface area (Å²) in [7, 11) is 0. The maximum atomic E-state index is 12.9. The monoisotopic (exact) mass is 349 g/mol. The van der Waals surface area contributed by atoms with Crippen LogP contribution in [-0.4, -0.2) is 40.5 Å².